The molecule has 0 saturated carbocycles. The molecule has 1 aromatic heterocycles. The first-order valence-electron chi connectivity index (χ1n) is 13.9. The number of alkyl halides is 3. The van der Waals surface area contributed by atoms with Crippen LogP contribution in [0.15, 0.2) is 82.2 Å². The van der Waals surface area contributed by atoms with Crippen LogP contribution < -0.4 is 16.0 Å². The summed E-state index contributed by atoms with van der Waals surface area (Å²) < 4.78 is 47.4. The van der Waals surface area contributed by atoms with Crippen molar-refractivity contribution in [1.82, 2.24) is 25.9 Å². The Morgan fingerprint density at radius 1 is 1.24 bits per heavy atom. The fourth-order valence-corrected chi connectivity index (χ4v) is 4.70. The molecule has 7 nitrogen and oxygen atoms in total. The van der Waals surface area contributed by atoms with Gasteiger partial charge >= 0.3 is 6.18 Å². The van der Waals surface area contributed by atoms with Crippen molar-refractivity contribution in [1.29, 1.82) is 0 Å². The van der Waals surface area contributed by atoms with E-state index in [2.05, 4.69) is 39.4 Å². The van der Waals surface area contributed by atoms with Gasteiger partial charge in [-0.25, -0.2) is 15.0 Å². The van der Waals surface area contributed by atoms with Crippen LogP contribution >= 0.6 is 0 Å². The second kappa shape index (κ2) is 12.7. The zero-order valence-corrected chi connectivity index (χ0v) is 24.8. The van der Waals surface area contributed by atoms with Crippen molar-refractivity contribution >= 4 is 17.5 Å². The van der Waals surface area contributed by atoms with Gasteiger partial charge in [0, 0.05) is 36.3 Å². The number of aromatic nitrogens is 2. The number of ether oxygens (including phenoxy) is 1. The summed E-state index contributed by atoms with van der Waals surface area (Å²) in [7, 11) is 1.83. The molecule has 3 N–H and O–H groups in total. The molecule has 0 amide bonds. The predicted octanol–water partition coefficient (Wildman–Crippen LogP) is 6.86. The summed E-state index contributed by atoms with van der Waals surface area (Å²) >= 11 is 0. The van der Waals surface area contributed by atoms with Crippen molar-refractivity contribution in [3.63, 3.8) is 0 Å². The van der Waals surface area contributed by atoms with Gasteiger partial charge in [-0.1, -0.05) is 39.5 Å². The highest BCUT2D eigenvalue weighted by Gasteiger charge is 2.36. The number of benzene rings is 1. The Bertz CT molecular complexity index is 1530. The van der Waals surface area contributed by atoms with Crippen LogP contribution in [0.2, 0.25) is 0 Å². The fraction of sp³-hybridized carbons (Fsp3) is 0.344. The molecule has 2 aromatic rings. The van der Waals surface area contributed by atoms with Gasteiger partial charge in [-0.15, -0.1) is 0 Å². The van der Waals surface area contributed by atoms with Crippen molar-refractivity contribution in [3.05, 3.63) is 105 Å². The second-order valence-electron chi connectivity index (χ2n) is 10.5. The molecule has 10 heteroatoms. The first kappa shape index (κ1) is 30.6. The molecule has 2 aliphatic heterocycles. The molecule has 0 radical (unpaired) electrons. The average molecular weight is 579 g/mol. The highest BCUT2D eigenvalue weighted by atomic mass is 19.4. The van der Waals surface area contributed by atoms with Crippen molar-refractivity contribution < 1.29 is 17.9 Å². The summed E-state index contributed by atoms with van der Waals surface area (Å²) in [6, 6.07) is 7.43. The van der Waals surface area contributed by atoms with Gasteiger partial charge < -0.3 is 20.7 Å². The van der Waals surface area contributed by atoms with Gasteiger partial charge in [-0.2, -0.15) is 13.2 Å². The second-order valence-corrected chi connectivity index (χ2v) is 10.5. The van der Waals surface area contributed by atoms with Gasteiger partial charge in [-0.3, -0.25) is 0 Å². The zero-order chi connectivity index (χ0) is 30.6. The molecule has 2 aliphatic rings. The molecular formula is C32H37F3N6O. The van der Waals surface area contributed by atoms with Crippen LogP contribution in [0.25, 0.3) is 11.6 Å². The van der Waals surface area contributed by atoms with Crippen molar-refractivity contribution in [3.8, 4) is 0 Å². The van der Waals surface area contributed by atoms with Crippen LogP contribution in [-0.4, -0.2) is 29.0 Å². The summed E-state index contributed by atoms with van der Waals surface area (Å²) in [6.07, 6.45) is 1.02. The van der Waals surface area contributed by atoms with E-state index in [0.717, 1.165) is 45.8 Å². The first-order chi connectivity index (χ1) is 19.9. The smallest absolute Gasteiger partial charge is 0.419 e. The Labute approximate surface area is 245 Å². The third-order valence-electron chi connectivity index (χ3n) is 7.23. The monoisotopic (exact) mass is 578 g/mol. The standard InChI is InChI=1S/C32H37F3N6O/c1-8-19(4)30(36-7)41-31-29-21(6)38-16-28-37-12-11-24(40-28)17-42-27(20(5)32(33,34)35)14-23-13-22(26(29)15-39-31)9-10-25(23)18(2)3/h9-15,18,36,38H,5,8,16-17H2,1-4,6-7H3,(H,39,41)/b27-14+,29-21+,30-19+. The topological polar surface area (TPSA) is 83.5 Å². The van der Waals surface area contributed by atoms with Crippen LogP contribution in [-0.2, 0) is 17.9 Å². The number of fused-ring (bicyclic) bond motifs is 6. The third kappa shape index (κ3) is 6.75. The van der Waals surface area contributed by atoms with E-state index in [-0.39, 0.29) is 18.3 Å². The van der Waals surface area contributed by atoms with Crippen molar-refractivity contribution in [2.75, 3.05) is 7.05 Å². The quantitative estimate of drug-likeness (QED) is 0.360. The lowest BCUT2D eigenvalue weighted by Gasteiger charge is -2.18. The molecule has 0 aliphatic carbocycles. The van der Waals surface area contributed by atoms with E-state index >= 15 is 0 Å². The Kier molecular flexibility index (Phi) is 9.23. The minimum atomic E-state index is -4.67. The number of allylic oxidation sites excluding steroid dienone is 3. The maximum Gasteiger partial charge on any atom is 0.419 e. The van der Waals surface area contributed by atoms with E-state index in [1.807, 2.05) is 59.1 Å². The molecule has 42 heavy (non-hydrogen) atoms. The van der Waals surface area contributed by atoms with Gasteiger partial charge in [0.1, 0.15) is 29.8 Å². The van der Waals surface area contributed by atoms with E-state index in [0.29, 0.717) is 29.5 Å². The fourth-order valence-electron chi connectivity index (χ4n) is 4.70. The van der Waals surface area contributed by atoms with E-state index < -0.39 is 11.7 Å². The molecule has 4 bridgehead atoms. The maximum atomic E-state index is 13.9. The number of amidine groups is 1. The lowest BCUT2D eigenvalue weighted by atomic mass is 9.90. The van der Waals surface area contributed by atoms with E-state index in [1.165, 1.54) is 6.08 Å². The molecule has 0 unspecified atom stereocenters. The summed E-state index contributed by atoms with van der Waals surface area (Å²) in [6.45, 7) is 13.5. The number of aliphatic imine (C=N–C) groups is 1. The SMILES string of the molecule is C=C(/C1=C\c2cc(ccc2C(C)C)C2=CNC(=N/C(NC)=C(\C)CC)/C2=C(\C)NCc2nccc(n2)CO1)C(F)(F)F. The molecule has 222 valence electrons. The number of nitrogens with zero attached hydrogens (tertiary/aromatic N) is 3. The summed E-state index contributed by atoms with van der Waals surface area (Å²) in [5, 5.41) is 9.92. The molecule has 4 rings (SSSR count). The third-order valence-corrected chi connectivity index (χ3v) is 7.23. The largest absolute Gasteiger partial charge is 0.487 e. The van der Waals surface area contributed by atoms with E-state index in [1.54, 1.807) is 12.3 Å². The van der Waals surface area contributed by atoms with Crippen LogP contribution in [0, 0.1) is 0 Å². The number of hydrogen-bond acceptors (Lipinski definition) is 6. The van der Waals surface area contributed by atoms with Gasteiger partial charge in [-0.05, 0) is 66.7 Å². The molecule has 0 atom stereocenters. The number of rotatable bonds is 5. The van der Waals surface area contributed by atoms with Gasteiger partial charge in [0.25, 0.3) is 0 Å². The van der Waals surface area contributed by atoms with Crippen molar-refractivity contribution in [2.24, 2.45) is 4.99 Å². The average Bonchev–Trinajstić information content (AvgIpc) is 3.38. The summed E-state index contributed by atoms with van der Waals surface area (Å²) in [5.74, 6) is 1.56. The van der Waals surface area contributed by atoms with Crippen LogP contribution in [0.1, 0.15) is 75.2 Å². The highest BCUT2D eigenvalue weighted by molar-refractivity contribution is 6.17. The van der Waals surface area contributed by atoms with E-state index in [9.17, 15) is 13.2 Å². The Balaban J connectivity index is 1.97. The Morgan fingerprint density at radius 3 is 2.67 bits per heavy atom. The van der Waals surface area contributed by atoms with Gasteiger partial charge in [0.15, 0.2) is 0 Å². The number of nitrogens with one attached hydrogen (secondary N) is 3. The molecular weight excluding hydrogens is 541 g/mol. The van der Waals surface area contributed by atoms with Crippen LogP contribution in [0.4, 0.5) is 13.2 Å². The molecule has 0 fully saturated rings. The van der Waals surface area contributed by atoms with Crippen LogP contribution in [0.5, 0.6) is 0 Å². The zero-order valence-electron chi connectivity index (χ0n) is 24.8. The number of halogens is 3. The molecule has 3 heterocycles. The summed E-state index contributed by atoms with van der Waals surface area (Å²) in [5.41, 5.74) is 5.29. The summed E-state index contributed by atoms with van der Waals surface area (Å²) in [4.78, 5) is 13.8. The van der Waals surface area contributed by atoms with Crippen LogP contribution in [0.3, 0.4) is 0 Å². The number of hydrogen-bond donors (Lipinski definition) is 3. The first-order valence-corrected chi connectivity index (χ1v) is 13.9. The maximum absolute atomic E-state index is 13.9. The van der Waals surface area contributed by atoms with Gasteiger partial charge in [0.2, 0.25) is 0 Å². The lowest BCUT2D eigenvalue weighted by molar-refractivity contribution is -0.0936. The predicted molar refractivity (Wildman–Crippen MR) is 161 cm³/mol. The minimum absolute atomic E-state index is 0.0452. The van der Waals surface area contributed by atoms with Crippen molar-refractivity contribution in [2.45, 2.75) is 66.3 Å². The molecule has 0 saturated heterocycles. The van der Waals surface area contributed by atoms with E-state index in [4.69, 9.17) is 9.73 Å². The normalized spacial score (nSPS) is 20.1. The molecule has 1 aromatic carbocycles. The minimum Gasteiger partial charge on any atom is -0.487 e. The van der Waals surface area contributed by atoms with Gasteiger partial charge in [0.05, 0.1) is 17.8 Å². The Morgan fingerprint density at radius 2 is 2.00 bits per heavy atom. The highest BCUT2D eigenvalue weighted by Crippen LogP contribution is 2.36. The lowest BCUT2D eigenvalue weighted by Crippen LogP contribution is -2.22. The molecule has 0 spiro atoms. The Hall–Kier alpha value is -4.34.